The van der Waals surface area contributed by atoms with Crippen LogP contribution in [0.4, 0.5) is 16.2 Å². The van der Waals surface area contributed by atoms with Crippen molar-refractivity contribution in [2.75, 3.05) is 10.6 Å². The number of hydrogen-bond acceptors (Lipinski definition) is 5. The third-order valence-electron chi connectivity index (χ3n) is 8.57. The van der Waals surface area contributed by atoms with E-state index >= 15 is 0 Å². The molecular weight excluding hydrogens is 610 g/mol. The minimum atomic E-state index is -0.492. The SMILES string of the molecule is CC(C)c1cccc(C(C)C)c1NC(=O)Nc1c(-c2cccc(OCc3ccccn3)c2)c2cccnc2n(CCc2ccccc2)c1=O. The molecule has 0 radical (unpaired) electrons. The third kappa shape index (κ3) is 7.54. The Labute approximate surface area is 286 Å². The summed E-state index contributed by atoms with van der Waals surface area (Å²) in [5, 5.41) is 6.86. The van der Waals surface area contributed by atoms with E-state index < -0.39 is 6.03 Å². The zero-order chi connectivity index (χ0) is 34.3. The second-order valence-corrected chi connectivity index (χ2v) is 12.7. The summed E-state index contributed by atoms with van der Waals surface area (Å²) in [6.07, 6.45) is 4.04. The summed E-state index contributed by atoms with van der Waals surface area (Å²) in [7, 11) is 0. The number of urea groups is 1. The maximum absolute atomic E-state index is 14.6. The Hall–Kier alpha value is -5.76. The lowest BCUT2D eigenvalue weighted by atomic mass is 9.93. The number of pyridine rings is 3. The first-order valence-electron chi connectivity index (χ1n) is 16.7. The van der Waals surface area contributed by atoms with Crippen LogP contribution < -0.4 is 20.9 Å². The normalized spacial score (nSPS) is 11.2. The van der Waals surface area contributed by atoms with Crippen LogP contribution in [0.1, 0.15) is 61.9 Å². The van der Waals surface area contributed by atoms with E-state index in [4.69, 9.17) is 4.74 Å². The highest BCUT2D eigenvalue weighted by atomic mass is 16.5. The van der Waals surface area contributed by atoms with E-state index in [1.807, 2.05) is 103 Å². The van der Waals surface area contributed by atoms with Crippen LogP contribution in [0.15, 0.2) is 120 Å². The minimum Gasteiger partial charge on any atom is -0.487 e. The van der Waals surface area contributed by atoms with Gasteiger partial charge in [-0.2, -0.15) is 0 Å². The maximum atomic E-state index is 14.6. The van der Waals surface area contributed by atoms with Crippen molar-refractivity contribution >= 4 is 28.4 Å². The van der Waals surface area contributed by atoms with Crippen molar-refractivity contribution in [1.29, 1.82) is 0 Å². The van der Waals surface area contributed by atoms with E-state index in [0.717, 1.165) is 33.5 Å². The van der Waals surface area contributed by atoms with Gasteiger partial charge in [0.25, 0.3) is 5.56 Å². The molecule has 8 heteroatoms. The predicted molar refractivity (Wildman–Crippen MR) is 197 cm³/mol. The fraction of sp³-hybridized carbons (Fsp3) is 0.220. The molecule has 0 saturated heterocycles. The smallest absolute Gasteiger partial charge is 0.323 e. The van der Waals surface area contributed by atoms with Gasteiger partial charge in [0, 0.05) is 35.6 Å². The summed E-state index contributed by atoms with van der Waals surface area (Å²) >= 11 is 0. The van der Waals surface area contributed by atoms with Crippen molar-refractivity contribution in [2.24, 2.45) is 0 Å². The van der Waals surface area contributed by atoms with E-state index in [2.05, 4.69) is 48.3 Å². The fourth-order valence-corrected chi connectivity index (χ4v) is 6.12. The van der Waals surface area contributed by atoms with Gasteiger partial charge in [-0.25, -0.2) is 9.78 Å². The molecule has 248 valence electrons. The zero-order valence-electron chi connectivity index (χ0n) is 28.3. The molecule has 0 spiro atoms. The van der Waals surface area contributed by atoms with Gasteiger partial charge in [0.05, 0.1) is 5.69 Å². The van der Waals surface area contributed by atoms with Gasteiger partial charge in [0.15, 0.2) is 0 Å². The zero-order valence-corrected chi connectivity index (χ0v) is 28.3. The number of benzene rings is 3. The van der Waals surface area contributed by atoms with Crippen molar-refractivity contribution in [3.05, 3.63) is 148 Å². The highest BCUT2D eigenvalue weighted by Gasteiger charge is 2.23. The van der Waals surface area contributed by atoms with Gasteiger partial charge < -0.3 is 15.4 Å². The Morgan fingerprint density at radius 3 is 2.16 bits per heavy atom. The topological polar surface area (TPSA) is 98.1 Å². The minimum absolute atomic E-state index is 0.168. The lowest BCUT2D eigenvalue weighted by Crippen LogP contribution is -2.30. The molecule has 0 bridgehead atoms. The monoisotopic (exact) mass is 651 g/mol. The predicted octanol–water partition coefficient (Wildman–Crippen LogP) is 9.17. The summed E-state index contributed by atoms with van der Waals surface area (Å²) in [4.78, 5) is 37.6. The number of fused-ring (bicyclic) bond motifs is 1. The summed E-state index contributed by atoms with van der Waals surface area (Å²) in [6, 6.07) is 32.6. The Bertz CT molecular complexity index is 2100. The number of nitrogens with zero attached hydrogens (tertiary/aromatic N) is 3. The van der Waals surface area contributed by atoms with Gasteiger partial charge in [-0.1, -0.05) is 94.4 Å². The molecule has 0 atom stereocenters. The first kappa shape index (κ1) is 33.2. The number of aromatic nitrogens is 3. The highest BCUT2D eigenvalue weighted by molar-refractivity contribution is 6.07. The number of ether oxygens (including phenoxy) is 1. The molecule has 6 aromatic rings. The fourth-order valence-electron chi connectivity index (χ4n) is 6.12. The molecule has 3 heterocycles. The summed E-state index contributed by atoms with van der Waals surface area (Å²) in [5.41, 5.74) is 6.37. The Morgan fingerprint density at radius 1 is 0.755 bits per heavy atom. The van der Waals surface area contributed by atoms with Gasteiger partial charge in [0.1, 0.15) is 23.7 Å². The van der Waals surface area contributed by atoms with E-state index in [-0.39, 0.29) is 29.7 Å². The Kier molecular flexibility index (Phi) is 10.1. The Balaban J connectivity index is 1.45. The molecule has 0 aliphatic carbocycles. The average Bonchev–Trinajstić information content (AvgIpc) is 3.11. The van der Waals surface area contributed by atoms with Crippen LogP contribution >= 0.6 is 0 Å². The van der Waals surface area contributed by atoms with Crippen molar-refractivity contribution in [3.63, 3.8) is 0 Å². The van der Waals surface area contributed by atoms with Gasteiger partial charge >= 0.3 is 6.03 Å². The molecule has 3 aromatic carbocycles. The number of hydrogen-bond donors (Lipinski definition) is 2. The number of para-hydroxylation sites is 1. The molecule has 0 saturated carbocycles. The molecule has 0 fully saturated rings. The first-order chi connectivity index (χ1) is 23.8. The van der Waals surface area contributed by atoms with Crippen LogP contribution in [0, 0.1) is 0 Å². The van der Waals surface area contributed by atoms with Gasteiger partial charge in [-0.3, -0.25) is 14.3 Å². The molecule has 3 aromatic heterocycles. The largest absolute Gasteiger partial charge is 0.487 e. The van der Waals surface area contributed by atoms with Gasteiger partial charge in [-0.05, 0) is 76.9 Å². The highest BCUT2D eigenvalue weighted by Crippen LogP contribution is 2.36. The van der Waals surface area contributed by atoms with Crippen molar-refractivity contribution < 1.29 is 9.53 Å². The summed E-state index contributed by atoms with van der Waals surface area (Å²) in [5.74, 6) is 0.969. The third-order valence-corrected chi connectivity index (χ3v) is 8.57. The average molecular weight is 652 g/mol. The van der Waals surface area contributed by atoms with E-state index in [1.165, 1.54) is 0 Å². The van der Waals surface area contributed by atoms with Gasteiger partial charge in [0.2, 0.25) is 0 Å². The standard InChI is InChI=1S/C41H41N5O3/c1-27(2)33-18-11-19-34(28(3)4)37(33)44-41(48)45-38-36(30-15-10-17-32(25-30)49-26-31-16-8-9-22-42-31)35-20-12-23-43-39(35)46(40(38)47)24-21-29-13-6-5-7-14-29/h5-20,22-23,25,27-28H,21,24,26H2,1-4H3,(H2,44,45,48). The van der Waals surface area contributed by atoms with Crippen LogP contribution in [0.3, 0.4) is 0 Å². The number of nitrogens with one attached hydrogen (secondary N) is 2. The molecular formula is C41H41N5O3. The second kappa shape index (κ2) is 15.0. The van der Waals surface area contributed by atoms with E-state index in [9.17, 15) is 9.59 Å². The second-order valence-electron chi connectivity index (χ2n) is 12.7. The molecule has 49 heavy (non-hydrogen) atoms. The maximum Gasteiger partial charge on any atom is 0.323 e. The van der Waals surface area contributed by atoms with Gasteiger partial charge in [-0.15, -0.1) is 0 Å². The number of rotatable bonds is 11. The quantitative estimate of drug-likeness (QED) is 0.146. The molecule has 6 rings (SSSR count). The Morgan fingerprint density at radius 2 is 1.45 bits per heavy atom. The van der Waals surface area contributed by atoms with Crippen LogP contribution in [0.25, 0.3) is 22.2 Å². The molecule has 2 amide bonds. The van der Waals surface area contributed by atoms with E-state index in [1.54, 1.807) is 17.0 Å². The van der Waals surface area contributed by atoms with Crippen LogP contribution in [-0.2, 0) is 19.6 Å². The molecule has 8 nitrogen and oxygen atoms in total. The summed E-state index contributed by atoms with van der Waals surface area (Å²) < 4.78 is 7.77. The van der Waals surface area contributed by atoms with Crippen LogP contribution in [0.5, 0.6) is 5.75 Å². The number of carbonyl (C=O) groups is 1. The van der Waals surface area contributed by atoms with E-state index in [0.29, 0.717) is 35.5 Å². The molecule has 0 aliphatic rings. The lowest BCUT2D eigenvalue weighted by Gasteiger charge is -2.22. The van der Waals surface area contributed by atoms with Crippen molar-refractivity contribution in [2.45, 2.75) is 59.1 Å². The lowest BCUT2D eigenvalue weighted by molar-refractivity contribution is 0.262. The number of aryl methyl sites for hydroxylation is 2. The van der Waals surface area contributed by atoms with Crippen LogP contribution in [-0.4, -0.2) is 20.6 Å². The molecule has 0 unspecified atom stereocenters. The number of carbonyl (C=O) groups excluding carboxylic acids is 1. The molecule has 0 aliphatic heterocycles. The molecule has 2 N–H and O–H groups in total. The van der Waals surface area contributed by atoms with Crippen molar-refractivity contribution in [3.8, 4) is 16.9 Å². The van der Waals surface area contributed by atoms with Crippen molar-refractivity contribution in [1.82, 2.24) is 14.5 Å². The first-order valence-corrected chi connectivity index (χ1v) is 16.7. The summed E-state index contributed by atoms with van der Waals surface area (Å²) in [6.45, 7) is 9.08. The number of anilines is 2. The van der Waals surface area contributed by atoms with Crippen LogP contribution in [0.2, 0.25) is 0 Å². The number of amides is 2.